The van der Waals surface area contributed by atoms with Crippen LogP contribution in [-0.2, 0) is 16.2 Å². The molecule has 10 heteroatoms. The molecule has 1 aliphatic heterocycles. The van der Waals surface area contributed by atoms with Crippen LogP contribution in [0.1, 0.15) is 43.7 Å². The molecule has 186 valence electrons. The number of carboxylic acid groups (broad SMARTS) is 1. The van der Waals surface area contributed by atoms with Gasteiger partial charge in [0, 0.05) is 28.6 Å². The van der Waals surface area contributed by atoms with Crippen LogP contribution in [0.3, 0.4) is 0 Å². The number of carbonyl (C=O) groups is 2. The van der Waals surface area contributed by atoms with Crippen molar-refractivity contribution >= 4 is 69.5 Å². The first-order valence-electron chi connectivity index (χ1n) is 11.1. The van der Waals surface area contributed by atoms with Crippen LogP contribution in [0.25, 0.3) is 6.08 Å². The highest BCUT2D eigenvalue weighted by Crippen LogP contribution is 2.36. The molecule has 2 aromatic rings. The predicted molar refractivity (Wildman–Crippen MR) is 144 cm³/mol. The van der Waals surface area contributed by atoms with Gasteiger partial charge in [0.25, 0.3) is 5.91 Å². The van der Waals surface area contributed by atoms with E-state index in [9.17, 15) is 9.59 Å². The van der Waals surface area contributed by atoms with E-state index in [-0.39, 0.29) is 18.9 Å². The minimum atomic E-state index is -0.811. The zero-order chi connectivity index (χ0) is 25.4. The van der Waals surface area contributed by atoms with Crippen molar-refractivity contribution in [3.8, 4) is 11.5 Å². The van der Waals surface area contributed by atoms with Crippen molar-refractivity contribution in [2.75, 3.05) is 13.2 Å². The van der Waals surface area contributed by atoms with Crippen molar-refractivity contribution < 1.29 is 24.2 Å². The molecular formula is C25H25Cl2NO5S2. The van der Waals surface area contributed by atoms with Gasteiger partial charge in [-0.05, 0) is 55.7 Å². The molecule has 6 nitrogen and oxygen atoms in total. The summed E-state index contributed by atoms with van der Waals surface area (Å²) in [5, 5.41) is 9.78. The quantitative estimate of drug-likeness (QED) is 0.175. The number of benzene rings is 2. The Kier molecular flexibility index (Phi) is 10.3. The van der Waals surface area contributed by atoms with E-state index in [1.807, 2.05) is 19.1 Å². The molecule has 35 heavy (non-hydrogen) atoms. The van der Waals surface area contributed by atoms with Gasteiger partial charge in [0.05, 0.1) is 11.5 Å². The van der Waals surface area contributed by atoms with Crippen LogP contribution in [0.2, 0.25) is 10.0 Å². The molecular weight excluding hydrogens is 529 g/mol. The average Bonchev–Trinajstić information content (AvgIpc) is 3.07. The number of carboxylic acids is 1. The van der Waals surface area contributed by atoms with Gasteiger partial charge in [0.1, 0.15) is 10.9 Å². The number of nitrogens with zero attached hydrogens (tertiary/aromatic N) is 1. The topological polar surface area (TPSA) is 76.1 Å². The van der Waals surface area contributed by atoms with Crippen molar-refractivity contribution in [1.29, 1.82) is 0 Å². The van der Waals surface area contributed by atoms with Gasteiger partial charge in [-0.1, -0.05) is 65.7 Å². The molecule has 2 aromatic carbocycles. The summed E-state index contributed by atoms with van der Waals surface area (Å²) in [5.74, 6) is 0.117. The fraction of sp³-hybridized carbons (Fsp3) is 0.320. The van der Waals surface area contributed by atoms with E-state index in [0.717, 1.165) is 12.0 Å². The molecule has 0 bridgehead atoms. The molecule has 0 spiro atoms. The normalized spacial score (nSPS) is 14.6. The smallest absolute Gasteiger partial charge is 0.303 e. The first-order chi connectivity index (χ1) is 16.8. The number of thiocarbonyl (C=S) groups is 1. The van der Waals surface area contributed by atoms with E-state index in [1.54, 1.807) is 35.2 Å². The van der Waals surface area contributed by atoms with Crippen LogP contribution in [0.4, 0.5) is 0 Å². The SMILES string of the molecule is CCOc1cc(/C=C2\SC(=S)N(CCCCCC(=O)O)C2=O)ccc1OCc1c(Cl)cccc1Cl. The summed E-state index contributed by atoms with van der Waals surface area (Å²) in [7, 11) is 0. The Balaban J connectivity index is 1.68. The molecule has 1 amide bonds. The van der Waals surface area contributed by atoms with Gasteiger partial charge in [0.2, 0.25) is 0 Å². The molecule has 1 saturated heterocycles. The summed E-state index contributed by atoms with van der Waals surface area (Å²) >= 11 is 19.1. The maximum absolute atomic E-state index is 12.9. The van der Waals surface area contributed by atoms with E-state index in [0.29, 0.717) is 62.3 Å². The van der Waals surface area contributed by atoms with Gasteiger partial charge in [-0.25, -0.2) is 0 Å². The number of halogens is 2. The van der Waals surface area contributed by atoms with E-state index >= 15 is 0 Å². The van der Waals surface area contributed by atoms with Crippen LogP contribution in [0.15, 0.2) is 41.3 Å². The fourth-order valence-electron chi connectivity index (χ4n) is 3.39. The largest absolute Gasteiger partial charge is 0.490 e. The van der Waals surface area contributed by atoms with Gasteiger partial charge in [-0.15, -0.1) is 0 Å². The molecule has 0 aliphatic carbocycles. The first kappa shape index (κ1) is 27.3. The van der Waals surface area contributed by atoms with Crippen LogP contribution in [0.5, 0.6) is 11.5 Å². The number of thioether (sulfide) groups is 1. The standard InChI is InChI=1S/C25H25Cl2NO5S2/c1-2-32-21-13-16(10-11-20(21)33-15-17-18(26)7-6-8-19(17)27)14-22-24(31)28(25(34)35-22)12-5-3-4-9-23(29)30/h6-8,10-11,13-14H,2-5,9,12,15H2,1H3,(H,29,30)/b22-14-. The van der Waals surface area contributed by atoms with Crippen molar-refractivity contribution in [1.82, 2.24) is 4.90 Å². The van der Waals surface area contributed by atoms with E-state index in [2.05, 4.69) is 0 Å². The average molecular weight is 555 g/mol. The lowest BCUT2D eigenvalue weighted by atomic mass is 10.1. The third-order valence-electron chi connectivity index (χ3n) is 5.15. The number of unbranched alkanes of at least 4 members (excludes halogenated alkanes) is 2. The Bertz CT molecular complexity index is 1120. The van der Waals surface area contributed by atoms with Gasteiger partial charge in [0.15, 0.2) is 11.5 Å². The second-order valence-corrected chi connectivity index (χ2v) is 10.2. The molecule has 1 N–H and O–H groups in total. The van der Waals surface area contributed by atoms with E-state index < -0.39 is 5.97 Å². The Morgan fingerprint density at radius 2 is 1.86 bits per heavy atom. The molecule has 0 unspecified atom stereocenters. The Labute approximate surface area is 224 Å². The van der Waals surface area contributed by atoms with Gasteiger partial charge in [-0.2, -0.15) is 0 Å². The van der Waals surface area contributed by atoms with Gasteiger partial charge in [-0.3, -0.25) is 14.5 Å². The summed E-state index contributed by atoms with van der Waals surface area (Å²) in [6.07, 6.45) is 3.91. The van der Waals surface area contributed by atoms with Crippen LogP contribution in [0, 0.1) is 0 Å². The number of ether oxygens (including phenoxy) is 2. The van der Waals surface area contributed by atoms with Crippen LogP contribution in [-0.4, -0.2) is 39.4 Å². The molecule has 0 atom stereocenters. The highest BCUT2D eigenvalue weighted by atomic mass is 35.5. The van der Waals surface area contributed by atoms with Gasteiger partial charge >= 0.3 is 5.97 Å². The Morgan fingerprint density at radius 1 is 1.11 bits per heavy atom. The van der Waals surface area contributed by atoms with Crippen molar-refractivity contribution in [2.45, 2.75) is 39.2 Å². The first-order valence-corrected chi connectivity index (χ1v) is 13.1. The zero-order valence-electron chi connectivity index (χ0n) is 19.1. The third kappa shape index (κ3) is 7.61. The third-order valence-corrected chi connectivity index (χ3v) is 7.23. The van der Waals surface area contributed by atoms with Crippen molar-refractivity contribution in [3.05, 3.63) is 62.5 Å². The van der Waals surface area contributed by atoms with Crippen molar-refractivity contribution in [2.24, 2.45) is 0 Å². The number of hydrogen-bond donors (Lipinski definition) is 1. The predicted octanol–water partition coefficient (Wildman–Crippen LogP) is 6.82. The van der Waals surface area contributed by atoms with Crippen LogP contribution >= 0.6 is 47.2 Å². The zero-order valence-corrected chi connectivity index (χ0v) is 22.2. The maximum Gasteiger partial charge on any atom is 0.303 e. The summed E-state index contributed by atoms with van der Waals surface area (Å²) in [6, 6.07) is 10.7. The molecule has 1 heterocycles. The van der Waals surface area contributed by atoms with Crippen molar-refractivity contribution in [3.63, 3.8) is 0 Å². The number of carbonyl (C=O) groups excluding carboxylic acids is 1. The second kappa shape index (κ2) is 13.2. The fourth-order valence-corrected chi connectivity index (χ4v) is 5.20. The van der Waals surface area contributed by atoms with E-state index in [4.69, 9.17) is 50.0 Å². The Hall–Kier alpha value is -2.26. The minimum Gasteiger partial charge on any atom is -0.490 e. The highest BCUT2D eigenvalue weighted by Gasteiger charge is 2.31. The monoisotopic (exact) mass is 553 g/mol. The lowest BCUT2D eigenvalue weighted by molar-refractivity contribution is -0.137. The summed E-state index contributed by atoms with van der Waals surface area (Å²) in [5.41, 5.74) is 1.47. The summed E-state index contributed by atoms with van der Waals surface area (Å²) < 4.78 is 12.2. The van der Waals surface area contributed by atoms with Gasteiger partial charge < -0.3 is 14.6 Å². The highest BCUT2D eigenvalue weighted by molar-refractivity contribution is 8.26. The number of hydrogen-bond acceptors (Lipinski definition) is 6. The maximum atomic E-state index is 12.9. The molecule has 0 saturated carbocycles. The summed E-state index contributed by atoms with van der Waals surface area (Å²) in [4.78, 5) is 25.6. The lowest BCUT2D eigenvalue weighted by Gasteiger charge is -2.14. The minimum absolute atomic E-state index is 0.131. The number of amides is 1. The molecule has 3 rings (SSSR count). The molecule has 0 radical (unpaired) electrons. The molecule has 0 aromatic heterocycles. The number of aliphatic carboxylic acids is 1. The molecule has 1 aliphatic rings. The molecule has 1 fully saturated rings. The second-order valence-electron chi connectivity index (χ2n) is 7.67. The lowest BCUT2D eigenvalue weighted by Crippen LogP contribution is -2.29. The van der Waals surface area contributed by atoms with E-state index in [1.165, 1.54) is 11.8 Å². The number of rotatable bonds is 12. The summed E-state index contributed by atoms with van der Waals surface area (Å²) in [6.45, 7) is 2.98. The van der Waals surface area contributed by atoms with Crippen LogP contribution < -0.4 is 9.47 Å². The Morgan fingerprint density at radius 3 is 2.54 bits per heavy atom.